The van der Waals surface area contributed by atoms with Gasteiger partial charge < -0.3 is 5.32 Å². The van der Waals surface area contributed by atoms with E-state index in [1.807, 2.05) is 0 Å². The lowest BCUT2D eigenvalue weighted by molar-refractivity contribution is 0.333. The summed E-state index contributed by atoms with van der Waals surface area (Å²) in [6, 6.07) is 0.693. The van der Waals surface area contributed by atoms with Gasteiger partial charge in [0.2, 0.25) is 0 Å². The van der Waals surface area contributed by atoms with Crippen LogP contribution in [0.3, 0.4) is 0 Å². The average Bonchev–Trinajstić information content (AvgIpc) is 2.05. The van der Waals surface area contributed by atoms with Crippen LogP contribution in [-0.4, -0.2) is 32.0 Å². The zero-order chi connectivity index (χ0) is 6.81. The molecule has 0 radical (unpaired) electrons. The Labute approximate surface area is 60.9 Å². The van der Waals surface area contributed by atoms with Crippen LogP contribution in [0.1, 0.15) is 6.42 Å². The molecule has 3 nitrogen and oxygen atoms in total. The van der Waals surface area contributed by atoms with Gasteiger partial charge in [0.05, 0.1) is 6.67 Å². The van der Waals surface area contributed by atoms with Gasteiger partial charge in [-0.05, 0) is 13.0 Å². The summed E-state index contributed by atoms with van der Waals surface area (Å²) >= 11 is 0. The Hall–Kier alpha value is -0.410. The summed E-state index contributed by atoms with van der Waals surface area (Å²) in [6.07, 6.45) is 3.34. The van der Waals surface area contributed by atoms with Crippen molar-refractivity contribution < 1.29 is 0 Å². The van der Waals surface area contributed by atoms with Gasteiger partial charge in [-0.1, -0.05) is 0 Å². The van der Waals surface area contributed by atoms with E-state index in [2.05, 4.69) is 21.8 Å². The predicted molar refractivity (Wildman–Crippen MR) is 41.3 cm³/mol. The maximum atomic E-state index is 4.19. The number of nitrogens with zero attached hydrogens (tertiary/aromatic N) is 1. The van der Waals surface area contributed by atoms with Crippen LogP contribution in [0.15, 0.2) is 4.99 Å². The lowest BCUT2D eigenvalue weighted by Gasteiger charge is -2.32. The van der Waals surface area contributed by atoms with Crippen molar-refractivity contribution in [3.8, 4) is 0 Å². The first-order valence-electron chi connectivity index (χ1n) is 3.91. The SMILES string of the molecule is C1=NCNC2CCNCC12. The molecular formula is C7H13N3. The van der Waals surface area contributed by atoms with Gasteiger partial charge in [0.1, 0.15) is 0 Å². The van der Waals surface area contributed by atoms with Crippen molar-refractivity contribution in [1.29, 1.82) is 0 Å². The Balaban J connectivity index is 2.03. The quantitative estimate of drug-likeness (QED) is 0.479. The van der Waals surface area contributed by atoms with E-state index in [1.165, 1.54) is 6.42 Å². The van der Waals surface area contributed by atoms with Crippen molar-refractivity contribution in [1.82, 2.24) is 10.6 Å². The van der Waals surface area contributed by atoms with Gasteiger partial charge >= 0.3 is 0 Å². The van der Waals surface area contributed by atoms with Crippen LogP contribution < -0.4 is 10.6 Å². The Bertz CT molecular complexity index is 144. The van der Waals surface area contributed by atoms with E-state index in [4.69, 9.17) is 0 Å². The predicted octanol–water partition coefficient (Wildman–Crippen LogP) is -0.404. The second-order valence-corrected chi connectivity index (χ2v) is 2.96. The van der Waals surface area contributed by atoms with Crippen molar-refractivity contribution in [3.05, 3.63) is 0 Å². The number of hydrogen-bond acceptors (Lipinski definition) is 3. The third-order valence-corrected chi connectivity index (χ3v) is 2.27. The van der Waals surface area contributed by atoms with E-state index in [1.54, 1.807) is 0 Å². The molecule has 10 heavy (non-hydrogen) atoms. The summed E-state index contributed by atoms with van der Waals surface area (Å²) in [6.45, 7) is 3.07. The van der Waals surface area contributed by atoms with Gasteiger partial charge in [0.15, 0.2) is 0 Å². The van der Waals surface area contributed by atoms with Crippen LogP contribution in [-0.2, 0) is 0 Å². The van der Waals surface area contributed by atoms with Gasteiger partial charge in [-0.15, -0.1) is 0 Å². The van der Waals surface area contributed by atoms with Gasteiger partial charge in [-0.2, -0.15) is 0 Å². The largest absolute Gasteiger partial charge is 0.316 e. The molecule has 0 bridgehead atoms. The van der Waals surface area contributed by atoms with Crippen molar-refractivity contribution >= 4 is 6.21 Å². The zero-order valence-electron chi connectivity index (χ0n) is 6.01. The third-order valence-electron chi connectivity index (χ3n) is 2.27. The molecule has 2 aliphatic heterocycles. The maximum Gasteiger partial charge on any atom is 0.0882 e. The Morgan fingerprint density at radius 3 is 3.40 bits per heavy atom. The Morgan fingerprint density at radius 1 is 1.50 bits per heavy atom. The number of nitrogens with one attached hydrogen (secondary N) is 2. The van der Waals surface area contributed by atoms with Gasteiger partial charge in [0, 0.05) is 24.7 Å². The highest BCUT2D eigenvalue weighted by molar-refractivity contribution is 5.63. The van der Waals surface area contributed by atoms with E-state index >= 15 is 0 Å². The minimum absolute atomic E-state index is 0.641. The molecule has 2 N–H and O–H groups in total. The normalized spacial score (nSPS) is 39.2. The van der Waals surface area contributed by atoms with E-state index in [-0.39, 0.29) is 0 Å². The van der Waals surface area contributed by atoms with Crippen molar-refractivity contribution in [2.24, 2.45) is 10.9 Å². The molecule has 2 atom stereocenters. The molecule has 1 saturated heterocycles. The Kier molecular flexibility index (Phi) is 1.69. The first-order chi connectivity index (χ1) is 4.97. The molecule has 0 aromatic carbocycles. The highest BCUT2D eigenvalue weighted by Crippen LogP contribution is 2.11. The summed E-state index contributed by atoms with van der Waals surface area (Å²) in [7, 11) is 0. The van der Waals surface area contributed by atoms with E-state index in [0.29, 0.717) is 12.0 Å². The summed E-state index contributed by atoms with van der Waals surface area (Å²) in [5.41, 5.74) is 0. The molecule has 2 rings (SSSR count). The summed E-state index contributed by atoms with van der Waals surface area (Å²) in [4.78, 5) is 4.19. The molecule has 56 valence electrons. The van der Waals surface area contributed by atoms with Gasteiger partial charge in [-0.25, -0.2) is 0 Å². The second-order valence-electron chi connectivity index (χ2n) is 2.96. The molecule has 0 aliphatic carbocycles. The molecule has 2 unspecified atom stereocenters. The van der Waals surface area contributed by atoms with Crippen molar-refractivity contribution in [3.63, 3.8) is 0 Å². The smallest absolute Gasteiger partial charge is 0.0882 e. The van der Waals surface area contributed by atoms with Crippen LogP contribution in [0.4, 0.5) is 0 Å². The standard InChI is InChI=1S/C7H13N3/c1-2-8-3-6-4-9-5-10-7(1)6/h4,6-8,10H,1-3,5H2. The number of aliphatic imine (C=N–C) groups is 1. The molecule has 0 spiro atoms. The maximum absolute atomic E-state index is 4.19. The highest BCUT2D eigenvalue weighted by Gasteiger charge is 2.24. The Morgan fingerprint density at radius 2 is 2.50 bits per heavy atom. The summed E-state index contributed by atoms with van der Waals surface area (Å²) < 4.78 is 0. The highest BCUT2D eigenvalue weighted by atomic mass is 15.1. The topological polar surface area (TPSA) is 36.4 Å². The number of rotatable bonds is 0. The van der Waals surface area contributed by atoms with Crippen molar-refractivity contribution in [2.75, 3.05) is 19.8 Å². The fraction of sp³-hybridized carbons (Fsp3) is 0.857. The minimum Gasteiger partial charge on any atom is -0.316 e. The van der Waals surface area contributed by atoms with Crippen LogP contribution in [0.5, 0.6) is 0 Å². The van der Waals surface area contributed by atoms with E-state index in [9.17, 15) is 0 Å². The van der Waals surface area contributed by atoms with Gasteiger partial charge in [-0.3, -0.25) is 10.3 Å². The molecule has 1 fully saturated rings. The zero-order valence-corrected chi connectivity index (χ0v) is 6.01. The fourth-order valence-electron chi connectivity index (χ4n) is 1.65. The molecule has 0 aromatic heterocycles. The van der Waals surface area contributed by atoms with Crippen LogP contribution in [0.25, 0.3) is 0 Å². The lowest BCUT2D eigenvalue weighted by Crippen LogP contribution is -2.50. The lowest BCUT2D eigenvalue weighted by atomic mass is 9.94. The fourth-order valence-corrected chi connectivity index (χ4v) is 1.65. The van der Waals surface area contributed by atoms with Crippen LogP contribution in [0.2, 0.25) is 0 Å². The number of piperidine rings is 1. The third kappa shape index (κ3) is 1.07. The molecular weight excluding hydrogens is 126 g/mol. The van der Waals surface area contributed by atoms with E-state index < -0.39 is 0 Å². The molecule has 2 heterocycles. The summed E-state index contributed by atoms with van der Waals surface area (Å²) in [5.74, 6) is 0.641. The molecule has 0 aromatic rings. The van der Waals surface area contributed by atoms with Gasteiger partial charge in [0.25, 0.3) is 0 Å². The molecule has 3 heteroatoms. The van der Waals surface area contributed by atoms with Crippen molar-refractivity contribution in [2.45, 2.75) is 12.5 Å². The van der Waals surface area contributed by atoms with E-state index in [0.717, 1.165) is 19.8 Å². The van der Waals surface area contributed by atoms with Crippen LogP contribution >= 0.6 is 0 Å². The number of fused-ring (bicyclic) bond motifs is 1. The monoisotopic (exact) mass is 139 g/mol. The summed E-state index contributed by atoms with van der Waals surface area (Å²) in [5, 5.41) is 6.74. The van der Waals surface area contributed by atoms with Crippen LogP contribution in [0, 0.1) is 5.92 Å². The molecule has 0 saturated carbocycles. The molecule has 0 amide bonds. The average molecular weight is 139 g/mol. The minimum atomic E-state index is 0.641. The second kappa shape index (κ2) is 2.68. The molecule has 2 aliphatic rings. The first kappa shape index (κ1) is 6.31. The first-order valence-corrected chi connectivity index (χ1v) is 3.91. The number of hydrogen-bond donors (Lipinski definition) is 2.